The fourth-order valence-corrected chi connectivity index (χ4v) is 5.01. The number of nitrogens with zero attached hydrogens (tertiary/aromatic N) is 2. The molecule has 4 rings (SSSR count). The van der Waals surface area contributed by atoms with Gasteiger partial charge in [0.1, 0.15) is 11.6 Å². The van der Waals surface area contributed by atoms with E-state index in [-0.39, 0.29) is 11.7 Å². The topological polar surface area (TPSA) is 65.5 Å². The smallest absolute Gasteiger partial charge is 0.251 e. The Kier molecular flexibility index (Phi) is 5.07. The van der Waals surface area contributed by atoms with Crippen LogP contribution in [0.4, 0.5) is 5.82 Å². The fraction of sp³-hybridized carbons (Fsp3) is 0.100. The van der Waals surface area contributed by atoms with Crippen molar-refractivity contribution in [3.8, 4) is 0 Å². The van der Waals surface area contributed by atoms with Crippen LogP contribution in [0.5, 0.6) is 0 Å². The zero-order valence-electron chi connectivity index (χ0n) is 14.5. The van der Waals surface area contributed by atoms with Crippen molar-refractivity contribution < 1.29 is 9.90 Å². The predicted octanol–water partition coefficient (Wildman–Crippen LogP) is 4.42. The van der Waals surface area contributed by atoms with Crippen molar-refractivity contribution >= 4 is 40.3 Å². The molecule has 3 heterocycles. The average molecular weight is 396 g/mol. The molecule has 1 aromatic heterocycles. The van der Waals surface area contributed by atoms with Crippen molar-refractivity contribution in [3.63, 3.8) is 0 Å². The molecule has 2 aromatic rings. The van der Waals surface area contributed by atoms with Crippen LogP contribution in [0.2, 0.25) is 0 Å². The highest BCUT2D eigenvalue weighted by atomic mass is 32.2. The van der Waals surface area contributed by atoms with Crippen molar-refractivity contribution in [1.29, 1.82) is 0 Å². The Balaban J connectivity index is 1.62. The number of nitrogens with one attached hydrogen (secondary N) is 1. The number of aliphatic hydroxyl groups is 1. The zero-order chi connectivity index (χ0) is 18.8. The van der Waals surface area contributed by atoms with Crippen LogP contribution < -0.4 is 5.32 Å². The minimum Gasteiger partial charge on any atom is -0.509 e. The number of hydrogen-bond acceptors (Lipinski definition) is 6. The molecule has 136 valence electrons. The maximum Gasteiger partial charge on any atom is 0.251 e. The van der Waals surface area contributed by atoms with Gasteiger partial charge in [-0.05, 0) is 48.8 Å². The zero-order valence-corrected chi connectivity index (χ0v) is 16.1. The van der Waals surface area contributed by atoms with Crippen LogP contribution in [0, 0.1) is 0 Å². The second kappa shape index (κ2) is 7.64. The molecular weight excluding hydrogens is 378 g/mol. The summed E-state index contributed by atoms with van der Waals surface area (Å²) in [7, 11) is 1.79. The molecule has 0 fully saturated rings. The van der Waals surface area contributed by atoms with Gasteiger partial charge in [-0.3, -0.25) is 4.79 Å². The molecule has 1 amide bonds. The summed E-state index contributed by atoms with van der Waals surface area (Å²) < 4.78 is 1.75. The van der Waals surface area contributed by atoms with Gasteiger partial charge in [0.15, 0.2) is 6.04 Å². The van der Waals surface area contributed by atoms with Gasteiger partial charge in [-0.15, -0.1) is 0 Å². The predicted molar refractivity (Wildman–Crippen MR) is 112 cm³/mol. The molecule has 1 unspecified atom stereocenters. The summed E-state index contributed by atoms with van der Waals surface area (Å²) in [5.41, 5.74) is 1.08. The largest absolute Gasteiger partial charge is 0.509 e. The summed E-state index contributed by atoms with van der Waals surface area (Å²) in [6.07, 6.45) is 5.64. The van der Waals surface area contributed by atoms with E-state index in [2.05, 4.69) is 10.3 Å². The van der Waals surface area contributed by atoms with Gasteiger partial charge < -0.3 is 10.4 Å². The first-order valence-corrected chi connectivity index (χ1v) is 9.94. The van der Waals surface area contributed by atoms with Gasteiger partial charge in [-0.2, -0.15) is 0 Å². The third-order valence-corrected chi connectivity index (χ3v) is 6.53. The molecule has 0 aliphatic carbocycles. The molecule has 7 heteroatoms. The van der Waals surface area contributed by atoms with Crippen molar-refractivity contribution in [3.05, 3.63) is 88.0 Å². The number of allylic oxidation sites excluding steroid dienone is 2. The molecule has 5 nitrogen and oxygen atoms in total. The summed E-state index contributed by atoms with van der Waals surface area (Å²) >= 11 is 2.93. The SMILES string of the molecule is CN1SC2=CC=C(c3ccccc3)SC2=C(O)C1C(=O)Nc1ccccn1. The number of anilines is 1. The van der Waals surface area contributed by atoms with Gasteiger partial charge in [-0.1, -0.05) is 48.2 Å². The number of pyridine rings is 1. The molecular formula is C20H17N3O2S2. The molecule has 2 aliphatic rings. The van der Waals surface area contributed by atoms with Gasteiger partial charge in [-0.25, -0.2) is 9.29 Å². The fourth-order valence-electron chi connectivity index (χ4n) is 2.85. The lowest BCUT2D eigenvalue weighted by Gasteiger charge is -2.33. The Morgan fingerprint density at radius 1 is 1.11 bits per heavy atom. The molecule has 0 radical (unpaired) electrons. The van der Waals surface area contributed by atoms with Crippen molar-refractivity contribution in [2.24, 2.45) is 0 Å². The summed E-state index contributed by atoms with van der Waals surface area (Å²) in [6, 6.07) is 14.5. The number of fused-ring (bicyclic) bond motifs is 1. The van der Waals surface area contributed by atoms with Crippen molar-refractivity contribution in [2.75, 3.05) is 12.4 Å². The van der Waals surface area contributed by atoms with E-state index in [4.69, 9.17) is 0 Å². The summed E-state index contributed by atoms with van der Waals surface area (Å²) in [5.74, 6) is 0.202. The number of amides is 1. The minimum absolute atomic E-state index is 0.0578. The number of carbonyl (C=O) groups excluding carboxylic acids is 1. The van der Waals surface area contributed by atoms with Crippen LogP contribution in [0.25, 0.3) is 4.91 Å². The molecule has 27 heavy (non-hydrogen) atoms. The third-order valence-electron chi connectivity index (χ3n) is 4.14. The molecule has 2 N–H and O–H groups in total. The number of carbonyl (C=O) groups is 1. The maximum atomic E-state index is 12.8. The van der Waals surface area contributed by atoms with Gasteiger partial charge in [0.05, 0.1) is 4.91 Å². The van der Waals surface area contributed by atoms with E-state index < -0.39 is 6.04 Å². The van der Waals surface area contributed by atoms with Gasteiger partial charge in [0, 0.05) is 16.0 Å². The van der Waals surface area contributed by atoms with Crippen LogP contribution in [-0.2, 0) is 4.79 Å². The van der Waals surface area contributed by atoms with Crippen LogP contribution in [0.3, 0.4) is 0 Å². The van der Waals surface area contributed by atoms with E-state index in [1.807, 2.05) is 42.5 Å². The van der Waals surface area contributed by atoms with Gasteiger partial charge in [0.2, 0.25) is 0 Å². The average Bonchev–Trinajstić information content (AvgIpc) is 2.69. The second-order valence-electron chi connectivity index (χ2n) is 5.99. The van der Waals surface area contributed by atoms with E-state index in [0.717, 1.165) is 20.3 Å². The number of likely N-dealkylation sites (N-methyl/N-ethyl adjacent to an activating group) is 1. The molecule has 0 saturated carbocycles. The highest BCUT2D eigenvalue weighted by Gasteiger charge is 2.37. The number of benzene rings is 1. The number of rotatable bonds is 3. The highest BCUT2D eigenvalue weighted by Crippen LogP contribution is 2.50. The first-order chi connectivity index (χ1) is 13.1. The third kappa shape index (κ3) is 3.66. The minimum atomic E-state index is -0.785. The monoisotopic (exact) mass is 395 g/mol. The first kappa shape index (κ1) is 17.9. The lowest BCUT2D eigenvalue weighted by Crippen LogP contribution is -2.42. The maximum absolute atomic E-state index is 12.8. The molecule has 0 spiro atoms. The van der Waals surface area contributed by atoms with Crippen LogP contribution in [0.1, 0.15) is 5.56 Å². The number of aromatic nitrogens is 1. The standard InChI is InChI=1S/C20H17N3O2S2/c1-23-17(20(25)22-16-9-5-6-12-21-16)18(24)19-15(27-23)11-10-14(26-19)13-7-3-2-4-8-13/h2-12,17,24H,1H3,(H,21,22,25). The van der Waals surface area contributed by atoms with Crippen LogP contribution in [-0.4, -0.2) is 33.4 Å². The normalized spacial score (nSPS) is 19.8. The quantitative estimate of drug-likeness (QED) is 0.750. The van der Waals surface area contributed by atoms with E-state index in [9.17, 15) is 9.90 Å². The van der Waals surface area contributed by atoms with E-state index in [1.54, 1.807) is 35.7 Å². The number of hydrogen-bond donors (Lipinski definition) is 2. The van der Waals surface area contributed by atoms with Crippen molar-refractivity contribution in [1.82, 2.24) is 9.29 Å². The number of aliphatic hydroxyl groups excluding tert-OH is 1. The first-order valence-electron chi connectivity index (χ1n) is 8.35. The van der Waals surface area contributed by atoms with Crippen LogP contribution >= 0.6 is 23.7 Å². The van der Waals surface area contributed by atoms with Crippen molar-refractivity contribution in [2.45, 2.75) is 6.04 Å². The van der Waals surface area contributed by atoms with Crippen LogP contribution in [0.15, 0.2) is 82.4 Å². The van der Waals surface area contributed by atoms with Gasteiger partial charge >= 0.3 is 0 Å². The van der Waals surface area contributed by atoms with E-state index in [1.165, 1.54) is 23.7 Å². The Hall–Kier alpha value is -2.48. The molecule has 0 saturated heterocycles. The highest BCUT2D eigenvalue weighted by molar-refractivity contribution is 8.14. The molecule has 0 bridgehead atoms. The lowest BCUT2D eigenvalue weighted by molar-refractivity contribution is -0.119. The van der Waals surface area contributed by atoms with E-state index >= 15 is 0 Å². The van der Waals surface area contributed by atoms with Gasteiger partial charge in [0.25, 0.3) is 5.91 Å². The second-order valence-corrected chi connectivity index (χ2v) is 8.24. The molecule has 1 atom stereocenters. The summed E-state index contributed by atoms with van der Waals surface area (Å²) in [5, 5.41) is 13.7. The Morgan fingerprint density at radius 3 is 2.59 bits per heavy atom. The summed E-state index contributed by atoms with van der Waals surface area (Å²) in [4.78, 5) is 19.6. The number of thioether (sulfide) groups is 1. The van der Waals surface area contributed by atoms with E-state index in [0.29, 0.717) is 5.82 Å². The lowest BCUT2D eigenvalue weighted by atomic mass is 10.1. The molecule has 1 aromatic carbocycles. The Labute approximate surface area is 166 Å². The summed E-state index contributed by atoms with van der Waals surface area (Å²) in [6.45, 7) is 0. The Bertz CT molecular complexity index is 956. The Morgan fingerprint density at radius 2 is 1.85 bits per heavy atom. The molecule has 2 aliphatic heterocycles.